The standard InChI is InChI=1S/C16H16ClN3O2/c1-10-5-4-6-12(7-10)19-15-14(16(21-2)22-3)11(9-18)8-13(17)20-15/h4-8,16H,1-3H3,(H,19,20). The van der Waals surface area contributed by atoms with Gasteiger partial charge in [-0.1, -0.05) is 23.7 Å². The summed E-state index contributed by atoms with van der Waals surface area (Å²) >= 11 is 6.01. The van der Waals surface area contributed by atoms with Crippen molar-refractivity contribution in [2.24, 2.45) is 0 Å². The van der Waals surface area contributed by atoms with Crippen molar-refractivity contribution in [2.75, 3.05) is 19.5 Å². The molecule has 1 heterocycles. The Balaban J connectivity index is 2.53. The van der Waals surface area contributed by atoms with Gasteiger partial charge in [-0.15, -0.1) is 0 Å². The first kappa shape index (κ1) is 16.2. The van der Waals surface area contributed by atoms with Crippen molar-refractivity contribution in [1.29, 1.82) is 5.26 Å². The van der Waals surface area contributed by atoms with E-state index in [1.54, 1.807) is 0 Å². The van der Waals surface area contributed by atoms with E-state index in [0.29, 0.717) is 16.9 Å². The summed E-state index contributed by atoms with van der Waals surface area (Å²) in [5.74, 6) is 0.434. The maximum atomic E-state index is 9.34. The minimum atomic E-state index is -0.716. The molecule has 0 saturated carbocycles. The number of aromatic nitrogens is 1. The van der Waals surface area contributed by atoms with Crippen molar-refractivity contribution in [2.45, 2.75) is 13.2 Å². The zero-order chi connectivity index (χ0) is 16.1. The Kier molecular flexibility index (Phi) is 5.34. The van der Waals surface area contributed by atoms with Crippen LogP contribution in [0.1, 0.15) is 23.0 Å². The summed E-state index contributed by atoms with van der Waals surface area (Å²) in [6, 6.07) is 11.4. The average molecular weight is 318 g/mol. The van der Waals surface area contributed by atoms with Gasteiger partial charge in [-0.05, 0) is 30.7 Å². The first-order valence-corrected chi connectivity index (χ1v) is 6.96. The molecule has 2 aromatic rings. The number of nitrogens with zero attached hydrogens (tertiary/aromatic N) is 2. The summed E-state index contributed by atoms with van der Waals surface area (Å²) in [5, 5.41) is 12.7. The fraction of sp³-hybridized carbons (Fsp3) is 0.250. The van der Waals surface area contributed by atoms with Crippen LogP contribution in [0.2, 0.25) is 5.15 Å². The van der Waals surface area contributed by atoms with Crippen LogP contribution < -0.4 is 5.32 Å². The fourth-order valence-electron chi connectivity index (χ4n) is 2.14. The predicted molar refractivity (Wildman–Crippen MR) is 85.2 cm³/mol. The summed E-state index contributed by atoms with van der Waals surface area (Å²) in [5.41, 5.74) is 2.80. The molecule has 0 radical (unpaired) electrons. The monoisotopic (exact) mass is 317 g/mol. The molecule has 0 fully saturated rings. The molecule has 0 unspecified atom stereocenters. The third-order valence-electron chi connectivity index (χ3n) is 3.09. The van der Waals surface area contributed by atoms with Crippen LogP contribution in [-0.2, 0) is 9.47 Å². The summed E-state index contributed by atoms with van der Waals surface area (Å²) in [7, 11) is 3.00. The highest BCUT2D eigenvalue weighted by molar-refractivity contribution is 6.29. The zero-order valence-corrected chi connectivity index (χ0v) is 13.3. The molecule has 0 saturated heterocycles. The van der Waals surface area contributed by atoms with Crippen molar-refractivity contribution in [1.82, 2.24) is 4.98 Å². The third-order valence-corrected chi connectivity index (χ3v) is 3.29. The second-order valence-corrected chi connectivity index (χ2v) is 5.05. The van der Waals surface area contributed by atoms with Crippen LogP contribution in [0.4, 0.5) is 11.5 Å². The Morgan fingerprint density at radius 1 is 1.27 bits per heavy atom. The van der Waals surface area contributed by atoms with Gasteiger partial charge in [0.25, 0.3) is 0 Å². The summed E-state index contributed by atoms with van der Waals surface area (Å²) in [4.78, 5) is 4.27. The molecule has 1 aromatic carbocycles. The Labute approximate surface area is 134 Å². The van der Waals surface area contributed by atoms with E-state index >= 15 is 0 Å². The van der Waals surface area contributed by atoms with E-state index in [4.69, 9.17) is 21.1 Å². The third kappa shape index (κ3) is 3.55. The van der Waals surface area contributed by atoms with Crippen LogP contribution in [-0.4, -0.2) is 19.2 Å². The number of ether oxygens (including phenoxy) is 2. The molecular formula is C16H16ClN3O2. The Morgan fingerprint density at radius 3 is 2.59 bits per heavy atom. The number of aryl methyl sites for hydroxylation is 1. The quantitative estimate of drug-likeness (QED) is 0.668. The van der Waals surface area contributed by atoms with Crippen LogP contribution in [0, 0.1) is 18.3 Å². The van der Waals surface area contributed by atoms with Gasteiger partial charge >= 0.3 is 0 Å². The van der Waals surface area contributed by atoms with E-state index in [1.807, 2.05) is 31.2 Å². The van der Waals surface area contributed by atoms with Crippen molar-refractivity contribution in [3.63, 3.8) is 0 Å². The number of methoxy groups -OCH3 is 2. The molecule has 22 heavy (non-hydrogen) atoms. The van der Waals surface area contributed by atoms with Gasteiger partial charge in [0.05, 0.1) is 17.2 Å². The van der Waals surface area contributed by atoms with Crippen molar-refractivity contribution < 1.29 is 9.47 Å². The Morgan fingerprint density at radius 2 is 2.00 bits per heavy atom. The molecule has 0 atom stereocenters. The van der Waals surface area contributed by atoms with E-state index in [2.05, 4.69) is 16.4 Å². The van der Waals surface area contributed by atoms with Crippen molar-refractivity contribution in [3.05, 3.63) is 52.2 Å². The van der Waals surface area contributed by atoms with E-state index in [-0.39, 0.29) is 5.15 Å². The number of hydrogen-bond donors (Lipinski definition) is 1. The molecule has 6 heteroatoms. The first-order chi connectivity index (χ1) is 10.6. The number of pyridine rings is 1. The Bertz CT molecular complexity index is 709. The lowest BCUT2D eigenvalue weighted by Gasteiger charge is -2.19. The van der Waals surface area contributed by atoms with Crippen LogP contribution in [0.15, 0.2) is 30.3 Å². The van der Waals surface area contributed by atoms with Crippen molar-refractivity contribution >= 4 is 23.1 Å². The summed E-state index contributed by atoms with van der Waals surface area (Å²) in [6.07, 6.45) is -0.716. The van der Waals surface area contributed by atoms with Gasteiger partial charge in [-0.2, -0.15) is 5.26 Å². The van der Waals surface area contributed by atoms with Crippen LogP contribution in [0.3, 0.4) is 0 Å². The predicted octanol–water partition coefficient (Wildman–Crippen LogP) is 3.95. The highest BCUT2D eigenvalue weighted by atomic mass is 35.5. The number of anilines is 2. The van der Waals surface area contributed by atoms with Gasteiger partial charge in [-0.25, -0.2) is 4.98 Å². The first-order valence-electron chi connectivity index (χ1n) is 6.59. The van der Waals surface area contributed by atoms with Gasteiger partial charge < -0.3 is 14.8 Å². The second kappa shape index (κ2) is 7.23. The topological polar surface area (TPSA) is 67.2 Å². The summed E-state index contributed by atoms with van der Waals surface area (Å²) in [6.45, 7) is 1.99. The minimum absolute atomic E-state index is 0.224. The maximum absolute atomic E-state index is 9.34. The number of nitrogens with one attached hydrogen (secondary N) is 1. The molecular weight excluding hydrogens is 302 g/mol. The van der Waals surface area contributed by atoms with E-state index in [9.17, 15) is 5.26 Å². The molecule has 5 nitrogen and oxygen atoms in total. The van der Waals surface area contributed by atoms with E-state index in [1.165, 1.54) is 20.3 Å². The number of benzene rings is 1. The lowest BCUT2D eigenvalue weighted by atomic mass is 10.1. The number of rotatable bonds is 5. The lowest BCUT2D eigenvalue weighted by molar-refractivity contribution is -0.105. The molecule has 0 aliphatic heterocycles. The largest absolute Gasteiger partial charge is 0.351 e. The normalized spacial score (nSPS) is 10.5. The maximum Gasteiger partial charge on any atom is 0.187 e. The molecule has 0 bridgehead atoms. The minimum Gasteiger partial charge on any atom is -0.351 e. The molecule has 0 spiro atoms. The van der Waals surface area contributed by atoms with Gasteiger partial charge in [0, 0.05) is 19.9 Å². The molecule has 1 N–H and O–H groups in total. The van der Waals surface area contributed by atoms with E-state index in [0.717, 1.165) is 11.3 Å². The molecule has 114 valence electrons. The Hall–Kier alpha value is -2.13. The van der Waals surface area contributed by atoms with Crippen LogP contribution >= 0.6 is 11.6 Å². The van der Waals surface area contributed by atoms with Gasteiger partial charge in [0.15, 0.2) is 6.29 Å². The molecule has 2 rings (SSSR count). The number of nitriles is 1. The van der Waals surface area contributed by atoms with E-state index < -0.39 is 6.29 Å². The number of halogens is 1. The SMILES string of the molecule is COC(OC)c1c(C#N)cc(Cl)nc1Nc1cccc(C)c1. The van der Waals surface area contributed by atoms with Gasteiger partial charge in [0.1, 0.15) is 11.0 Å². The number of hydrogen-bond acceptors (Lipinski definition) is 5. The fourth-order valence-corrected chi connectivity index (χ4v) is 2.34. The molecule has 0 amide bonds. The van der Waals surface area contributed by atoms with Gasteiger partial charge in [0.2, 0.25) is 0 Å². The second-order valence-electron chi connectivity index (χ2n) is 4.66. The molecule has 0 aliphatic rings. The molecule has 0 aliphatic carbocycles. The van der Waals surface area contributed by atoms with Crippen molar-refractivity contribution in [3.8, 4) is 6.07 Å². The average Bonchev–Trinajstić information content (AvgIpc) is 2.50. The van der Waals surface area contributed by atoms with Crippen LogP contribution in [0.25, 0.3) is 0 Å². The smallest absolute Gasteiger partial charge is 0.187 e. The zero-order valence-electron chi connectivity index (χ0n) is 12.6. The lowest BCUT2D eigenvalue weighted by Crippen LogP contribution is -2.11. The summed E-state index contributed by atoms with van der Waals surface area (Å²) < 4.78 is 10.5. The highest BCUT2D eigenvalue weighted by Crippen LogP contribution is 2.32. The van der Waals surface area contributed by atoms with Crippen LogP contribution in [0.5, 0.6) is 0 Å². The van der Waals surface area contributed by atoms with Gasteiger partial charge in [-0.3, -0.25) is 0 Å². The molecule has 1 aromatic heterocycles. The highest BCUT2D eigenvalue weighted by Gasteiger charge is 2.21.